The number of aromatic nitrogens is 3. The quantitative estimate of drug-likeness (QED) is 0.442. The Morgan fingerprint density at radius 3 is 2.39 bits per heavy atom. The number of pyridine rings is 1. The van der Waals surface area contributed by atoms with Crippen molar-refractivity contribution in [1.82, 2.24) is 14.8 Å². The van der Waals surface area contributed by atoms with Crippen LogP contribution in [0.3, 0.4) is 0 Å². The minimum absolute atomic E-state index is 0.287. The summed E-state index contributed by atoms with van der Waals surface area (Å²) in [7, 11) is 1.47. The number of fused-ring (bicyclic) bond motifs is 1. The molecule has 1 aliphatic rings. The van der Waals surface area contributed by atoms with Crippen molar-refractivity contribution >= 4 is 22.5 Å². The third kappa shape index (κ3) is 5.26. The summed E-state index contributed by atoms with van der Waals surface area (Å²) in [6.45, 7) is 7.73. The molecule has 0 aliphatic heterocycles. The number of aliphatic hydroxyl groups is 1. The zero-order chi connectivity index (χ0) is 26.4. The maximum atomic E-state index is 13.2. The van der Waals surface area contributed by atoms with E-state index in [9.17, 15) is 23.1 Å². The number of carbonyl (C=O) groups is 1. The Balaban J connectivity index is 1.69. The van der Waals surface area contributed by atoms with E-state index in [1.807, 2.05) is 10.9 Å². The fraction of sp³-hybridized carbons (Fsp3) is 0.519. The van der Waals surface area contributed by atoms with Crippen molar-refractivity contribution in [2.75, 3.05) is 11.9 Å². The summed E-state index contributed by atoms with van der Waals surface area (Å²) < 4.78 is 41.4. The first-order valence-corrected chi connectivity index (χ1v) is 12.3. The van der Waals surface area contributed by atoms with Gasteiger partial charge in [-0.05, 0) is 75.6 Å². The molecule has 1 fully saturated rings. The molecule has 36 heavy (non-hydrogen) atoms. The Hall–Kier alpha value is -2.94. The van der Waals surface area contributed by atoms with Crippen LogP contribution in [0.1, 0.15) is 81.2 Å². The van der Waals surface area contributed by atoms with Gasteiger partial charge in [-0.3, -0.25) is 9.48 Å². The molecular formula is C27H33F3N4O2. The maximum absolute atomic E-state index is 13.2. The minimum Gasteiger partial charge on any atom is -0.386 e. The van der Waals surface area contributed by atoms with E-state index in [0.717, 1.165) is 49.1 Å². The monoisotopic (exact) mass is 502 g/mol. The summed E-state index contributed by atoms with van der Waals surface area (Å²) in [5, 5.41) is 16.5. The van der Waals surface area contributed by atoms with Crippen molar-refractivity contribution in [3.05, 3.63) is 53.5 Å². The van der Waals surface area contributed by atoms with E-state index in [2.05, 4.69) is 18.8 Å². The highest BCUT2D eigenvalue weighted by Gasteiger charge is 2.34. The van der Waals surface area contributed by atoms with Gasteiger partial charge in [0.2, 0.25) is 0 Å². The molecule has 4 rings (SSSR count). The third-order valence-electron chi connectivity index (χ3n) is 7.28. The van der Waals surface area contributed by atoms with E-state index in [1.54, 1.807) is 26.0 Å². The molecule has 1 aromatic carbocycles. The molecule has 1 N–H and O–H groups in total. The van der Waals surface area contributed by atoms with Crippen molar-refractivity contribution in [2.45, 2.75) is 71.2 Å². The van der Waals surface area contributed by atoms with Gasteiger partial charge in [-0.15, -0.1) is 0 Å². The molecular weight excluding hydrogens is 469 g/mol. The Labute approximate surface area is 209 Å². The third-order valence-corrected chi connectivity index (χ3v) is 7.28. The number of carbonyl (C=O) groups excluding carboxylic acids is 1. The Morgan fingerprint density at radius 2 is 1.81 bits per heavy atom. The molecule has 2 aromatic heterocycles. The molecule has 1 saturated carbocycles. The molecule has 2 heterocycles. The lowest BCUT2D eigenvalue weighted by Gasteiger charge is -2.30. The summed E-state index contributed by atoms with van der Waals surface area (Å²) in [4.78, 5) is 17.9. The lowest BCUT2D eigenvalue weighted by molar-refractivity contribution is -0.141. The number of benzene rings is 1. The summed E-state index contributed by atoms with van der Waals surface area (Å²) in [6, 6.07) is 7.04. The molecule has 0 bridgehead atoms. The van der Waals surface area contributed by atoms with E-state index in [-0.39, 0.29) is 11.7 Å². The van der Waals surface area contributed by atoms with Gasteiger partial charge in [-0.1, -0.05) is 19.9 Å². The first kappa shape index (κ1) is 26.1. The standard InChI is InChI=1S/C27H33F3N4O2/c1-16(2)17-9-11-19(12-10-17)34-15-18-13-23(20(26(3,4)36)14-22(18)32-34)33(5)25(35)21-7-6-8-24(31-21)27(28,29)30/h6-8,13-17,19,36H,9-12H2,1-5H3. The highest BCUT2D eigenvalue weighted by molar-refractivity contribution is 6.06. The lowest BCUT2D eigenvalue weighted by atomic mass is 9.80. The number of alkyl halides is 3. The average Bonchev–Trinajstić information content (AvgIpc) is 3.24. The number of rotatable bonds is 5. The number of amides is 1. The first-order chi connectivity index (χ1) is 16.8. The molecule has 0 atom stereocenters. The van der Waals surface area contributed by atoms with Gasteiger partial charge in [0.25, 0.3) is 5.91 Å². The molecule has 0 spiro atoms. The van der Waals surface area contributed by atoms with Gasteiger partial charge in [0.1, 0.15) is 11.4 Å². The van der Waals surface area contributed by atoms with Crippen LogP contribution < -0.4 is 4.90 Å². The van der Waals surface area contributed by atoms with Gasteiger partial charge < -0.3 is 10.0 Å². The molecule has 1 amide bonds. The van der Waals surface area contributed by atoms with Crippen molar-refractivity contribution < 1.29 is 23.1 Å². The van der Waals surface area contributed by atoms with Crippen LogP contribution in [0.5, 0.6) is 0 Å². The molecule has 194 valence electrons. The van der Waals surface area contributed by atoms with Gasteiger partial charge in [-0.2, -0.15) is 18.3 Å². The van der Waals surface area contributed by atoms with E-state index in [0.29, 0.717) is 22.7 Å². The van der Waals surface area contributed by atoms with Crippen LogP contribution in [-0.2, 0) is 11.8 Å². The van der Waals surface area contributed by atoms with Crippen LogP contribution in [0.15, 0.2) is 36.5 Å². The summed E-state index contributed by atoms with van der Waals surface area (Å²) in [6.07, 6.45) is 1.69. The predicted molar refractivity (Wildman–Crippen MR) is 133 cm³/mol. The van der Waals surface area contributed by atoms with Crippen LogP contribution in [0.2, 0.25) is 0 Å². The van der Waals surface area contributed by atoms with Crippen LogP contribution in [-0.4, -0.2) is 32.8 Å². The smallest absolute Gasteiger partial charge is 0.386 e. The molecule has 3 aromatic rings. The maximum Gasteiger partial charge on any atom is 0.433 e. The second-order valence-electron chi connectivity index (χ2n) is 10.7. The second kappa shape index (κ2) is 9.50. The second-order valence-corrected chi connectivity index (χ2v) is 10.7. The fourth-order valence-corrected chi connectivity index (χ4v) is 5.06. The molecule has 0 radical (unpaired) electrons. The van der Waals surface area contributed by atoms with E-state index in [1.165, 1.54) is 18.0 Å². The van der Waals surface area contributed by atoms with Gasteiger partial charge in [-0.25, -0.2) is 4.98 Å². The minimum atomic E-state index is -4.66. The summed E-state index contributed by atoms with van der Waals surface area (Å²) >= 11 is 0. The van der Waals surface area contributed by atoms with Gasteiger partial charge in [0, 0.05) is 24.2 Å². The summed E-state index contributed by atoms with van der Waals surface area (Å²) in [5.41, 5.74) is -1.24. The van der Waals surface area contributed by atoms with Gasteiger partial charge in [0.15, 0.2) is 0 Å². The number of anilines is 1. The molecule has 9 heteroatoms. The molecule has 6 nitrogen and oxygen atoms in total. The molecule has 0 unspecified atom stereocenters. The topological polar surface area (TPSA) is 71.2 Å². The van der Waals surface area contributed by atoms with Crippen molar-refractivity contribution in [3.8, 4) is 0 Å². The number of hydrogen-bond acceptors (Lipinski definition) is 4. The normalized spacial score (nSPS) is 19.2. The van der Waals surface area contributed by atoms with Crippen molar-refractivity contribution in [1.29, 1.82) is 0 Å². The number of nitrogens with zero attached hydrogens (tertiary/aromatic N) is 4. The van der Waals surface area contributed by atoms with Crippen LogP contribution in [0, 0.1) is 11.8 Å². The van der Waals surface area contributed by atoms with Crippen molar-refractivity contribution in [3.63, 3.8) is 0 Å². The Morgan fingerprint density at radius 1 is 1.14 bits per heavy atom. The highest BCUT2D eigenvalue weighted by atomic mass is 19.4. The Kier molecular flexibility index (Phi) is 6.90. The largest absolute Gasteiger partial charge is 0.433 e. The number of hydrogen-bond donors (Lipinski definition) is 1. The molecule has 0 saturated heterocycles. The van der Waals surface area contributed by atoms with E-state index >= 15 is 0 Å². The summed E-state index contributed by atoms with van der Waals surface area (Å²) in [5.74, 6) is 0.688. The number of halogens is 3. The highest BCUT2D eigenvalue weighted by Crippen LogP contribution is 2.38. The Bertz CT molecular complexity index is 1250. The molecule has 1 aliphatic carbocycles. The first-order valence-electron chi connectivity index (χ1n) is 12.3. The average molecular weight is 503 g/mol. The van der Waals surface area contributed by atoms with Crippen LogP contribution in [0.4, 0.5) is 18.9 Å². The zero-order valence-corrected chi connectivity index (χ0v) is 21.3. The van der Waals surface area contributed by atoms with Crippen LogP contribution >= 0.6 is 0 Å². The van der Waals surface area contributed by atoms with E-state index in [4.69, 9.17) is 5.10 Å². The van der Waals surface area contributed by atoms with Crippen molar-refractivity contribution in [2.24, 2.45) is 11.8 Å². The predicted octanol–water partition coefficient (Wildman–Crippen LogP) is 6.34. The lowest BCUT2D eigenvalue weighted by Crippen LogP contribution is -2.31. The van der Waals surface area contributed by atoms with Crippen LogP contribution in [0.25, 0.3) is 10.9 Å². The van der Waals surface area contributed by atoms with Gasteiger partial charge >= 0.3 is 6.18 Å². The van der Waals surface area contributed by atoms with Gasteiger partial charge in [0.05, 0.1) is 22.8 Å². The fourth-order valence-electron chi connectivity index (χ4n) is 5.06. The SMILES string of the molecule is CC(C)C1CCC(n2cc3cc(N(C)C(=O)c4cccc(C(F)(F)F)n4)c(C(C)(C)O)cc3n2)CC1. The van der Waals surface area contributed by atoms with E-state index < -0.39 is 23.4 Å². The zero-order valence-electron chi connectivity index (χ0n) is 21.3.